The summed E-state index contributed by atoms with van der Waals surface area (Å²) in [6, 6.07) is 17.4. The summed E-state index contributed by atoms with van der Waals surface area (Å²) >= 11 is 4.18. The van der Waals surface area contributed by atoms with Crippen molar-refractivity contribution in [2.75, 3.05) is 12.0 Å². The number of benzene rings is 2. The molecule has 2 atom stereocenters. The molecule has 0 radical (unpaired) electrons. The monoisotopic (exact) mass is 509 g/mol. The summed E-state index contributed by atoms with van der Waals surface area (Å²) < 4.78 is 5.24. The van der Waals surface area contributed by atoms with E-state index in [0.717, 1.165) is 21.8 Å². The van der Waals surface area contributed by atoms with Crippen molar-refractivity contribution in [3.05, 3.63) is 70.9 Å². The second-order valence-corrected chi connectivity index (χ2v) is 10.5. The quantitative estimate of drug-likeness (QED) is 0.348. The molecule has 1 aliphatic rings. The third-order valence-corrected chi connectivity index (χ3v) is 8.43. The Kier molecular flexibility index (Phi) is 6.36. The molecule has 34 heavy (non-hydrogen) atoms. The molecular formula is C24H19N3O4S3. The zero-order valence-electron chi connectivity index (χ0n) is 18.0. The van der Waals surface area contributed by atoms with Crippen LogP contribution in [-0.4, -0.2) is 39.3 Å². The van der Waals surface area contributed by atoms with E-state index in [0.29, 0.717) is 16.6 Å². The van der Waals surface area contributed by atoms with E-state index in [1.165, 1.54) is 34.4 Å². The van der Waals surface area contributed by atoms with Gasteiger partial charge in [0.25, 0.3) is 0 Å². The van der Waals surface area contributed by atoms with Crippen LogP contribution >= 0.6 is 34.4 Å². The minimum absolute atomic E-state index is 0.238. The number of thiazole rings is 2. The van der Waals surface area contributed by atoms with Crippen molar-refractivity contribution in [1.82, 2.24) is 9.97 Å². The van der Waals surface area contributed by atoms with Crippen molar-refractivity contribution < 1.29 is 19.4 Å². The number of methoxy groups -OCH3 is 1. The molecule has 0 saturated carbocycles. The van der Waals surface area contributed by atoms with E-state index in [1.807, 2.05) is 65.4 Å². The number of carboxylic acids is 1. The van der Waals surface area contributed by atoms with E-state index in [4.69, 9.17) is 14.7 Å². The standard InChI is InChI=1S/C24H19N3O4S3/c1-31-16-9-7-15(8-10-16)23-27(22(30)19(34-23)11-20(28)29)24-26-18(13-33-24)21-25-17(12-32-21)14-5-3-2-4-6-14/h2-10,12-13,19,23H,11H2,1H3,(H,28,29). The minimum Gasteiger partial charge on any atom is -0.497 e. The molecule has 2 aromatic carbocycles. The third kappa shape index (κ3) is 4.44. The first-order chi connectivity index (χ1) is 16.5. The summed E-state index contributed by atoms with van der Waals surface area (Å²) in [5.41, 5.74) is 3.48. The highest BCUT2D eigenvalue weighted by Gasteiger charge is 2.44. The summed E-state index contributed by atoms with van der Waals surface area (Å²) in [6.07, 6.45) is -0.238. The molecule has 1 saturated heterocycles. The van der Waals surface area contributed by atoms with Gasteiger partial charge in [0.2, 0.25) is 5.91 Å². The van der Waals surface area contributed by atoms with Crippen LogP contribution in [0.5, 0.6) is 5.75 Å². The highest BCUT2D eigenvalue weighted by molar-refractivity contribution is 8.01. The minimum atomic E-state index is -1.00. The van der Waals surface area contributed by atoms with Crippen LogP contribution in [-0.2, 0) is 9.59 Å². The average Bonchev–Trinajstić information content (AvgIpc) is 3.59. The van der Waals surface area contributed by atoms with Gasteiger partial charge in [-0.1, -0.05) is 42.5 Å². The Hall–Kier alpha value is -3.21. The van der Waals surface area contributed by atoms with Gasteiger partial charge in [0, 0.05) is 16.3 Å². The molecule has 0 spiro atoms. The van der Waals surface area contributed by atoms with E-state index < -0.39 is 11.2 Å². The van der Waals surface area contributed by atoms with Crippen molar-refractivity contribution in [3.63, 3.8) is 0 Å². The topological polar surface area (TPSA) is 92.6 Å². The average molecular weight is 510 g/mol. The van der Waals surface area contributed by atoms with Gasteiger partial charge in [-0.2, -0.15) is 0 Å². The zero-order valence-corrected chi connectivity index (χ0v) is 20.4. The van der Waals surface area contributed by atoms with Crippen molar-refractivity contribution in [2.24, 2.45) is 0 Å². The molecule has 10 heteroatoms. The van der Waals surface area contributed by atoms with E-state index >= 15 is 0 Å². The number of carbonyl (C=O) groups is 2. The van der Waals surface area contributed by atoms with Gasteiger partial charge >= 0.3 is 5.97 Å². The Bertz CT molecular complexity index is 1320. The second-order valence-electron chi connectivity index (χ2n) is 7.48. The molecule has 4 aromatic rings. The summed E-state index contributed by atoms with van der Waals surface area (Å²) in [5, 5.41) is 13.4. The number of carboxylic acid groups (broad SMARTS) is 1. The maximum absolute atomic E-state index is 13.3. The van der Waals surface area contributed by atoms with Gasteiger partial charge in [0.1, 0.15) is 21.8 Å². The number of nitrogens with zero attached hydrogens (tertiary/aromatic N) is 3. The fourth-order valence-corrected chi connectivity index (χ4v) is 6.83. The molecule has 0 bridgehead atoms. The molecule has 3 heterocycles. The number of carbonyl (C=O) groups excluding carboxylic acids is 1. The number of amides is 1. The predicted molar refractivity (Wildman–Crippen MR) is 136 cm³/mol. The van der Waals surface area contributed by atoms with E-state index in [1.54, 1.807) is 12.0 Å². The number of rotatable bonds is 7. The van der Waals surface area contributed by atoms with Gasteiger partial charge in [-0.25, -0.2) is 9.97 Å². The normalized spacial score (nSPS) is 17.8. The fourth-order valence-electron chi connectivity index (χ4n) is 3.64. The van der Waals surface area contributed by atoms with Crippen LogP contribution in [0.15, 0.2) is 65.4 Å². The van der Waals surface area contributed by atoms with Gasteiger partial charge < -0.3 is 9.84 Å². The maximum Gasteiger partial charge on any atom is 0.305 e. The SMILES string of the molecule is COc1ccc(C2SC(CC(=O)O)C(=O)N2c2nc(-c3nc(-c4ccccc4)cs3)cs2)cc1. The van der Waals surface area contributed by atoms with Crippen molar-refractivity contribution >= 4 is 51.4 Å². The zero-order chi connectivity index (χ0) is 23.7. The molecule has 1 aliphatic heterocycles. The predicted octanol–water partition coefficient (Wildman–Crippen LogP) is 5.56. The molecule has 1 N–H and O–H groups in total. The molecule has 5 rings (SSSR count). The second kappa shape index (κ2) is 9.57. The molecule has 1 fully saturated rings. The van der Waals surface area contributed by atoms with Crippen LogP contribution in [0.2, 0.25) is 0 Å². The highest BCUT2D eigenvalue weighted by atomic mass is 32.2. The lowest BCUT2D eigenvalue weighted by molar-refractivity contribution is -0.138. The Morgan fingerprint density at radius 3 is 2.47 bits per heavy atom. The van der Waals surface area contributed by atoms with Crippen LogP contribution in [0.4, 0.5) is 5.13 Å². The number of hydrogen-bond acceptors (Lipinski definition) is 8. The Morgan fingerprint density at radius 2 is 1.76 bits per heavy atom. The first-order valence-electron chi connectivity index (χ1n) is 10.3. The summed E-state index contributed by atoms with van der Waals surface area (Å²) in [6.45, 7) is 0. The smallest absolute Gasteiger partial charge is 0.305 e. The molecule has 1 amide bonds. The Labute approximate surface area is 208 Å². The van der Waals surface area contributed by atoms with Gasteiger partial charge in [-0.15, -0.1) is 34.4 Å². The van der Waals surface area contributed by atoms with E-state index in [2.05, 4.69) is 0 Å². The highest BCUT2D eigenvalue weighted by Crippen LogP contribution is 2.48. The van der Waals surface area contributed by atoms with Crippen molar-refractivity contribution in [2.45, 2.75) is 17.0 Å². The summed E-state index contributed by atoms with van der Waals surface area (Å²) in [4.78, 5) is 35.7. The van der Waals surface area contributed by atoms with Crippen LogP contribution in [0, 0.1) is 0 Å². The molecular weight excluding hydrogens is 490 g/mol. The molecule has 7 nitrogen and oxygen atoms in total. The van der Waals surface area contributed by atoms with Crippen LogP contribution < -0.4 is 9.64 Å². The van der Waals surface area contributed by atoms with Crippen molar-refractivity contribution in [1.29, 1.82) is 0 Å². The van der Waals surface area contributed by atoms with E-state index in [9.17, 15) is 14.7 Å². The first kappa shape index (κ1) is 22.6. The van der Waals surface area contributed by atoms with Gasteiger partial charge in [0.05, 0.1) is 24.5 Å². The van der Waals surface area contributed by atoms with E-state index in [-0.39, 0.29) is 17.7 Å². The maximum atomic E-state index is 13.3. The third-order valence-electron chi connectivity index (χ3n) is 5.29. The number of aromatic nitrogens is 2. The number of anilines is 1. The number of thioether (sulfide) groups is 1. The Morgan fingerprint density at radius 1 is 1.03 bits per heavy atom. The van der Waals surface area contributed by atoms with Gasteiger partial charge in [-0.3, -0.25) is 14.5 Å². The van der Waals surface area contributed by atoms with Crippen LogP contribution in [0.1, 0.15) is 17.4 Å². The van der Waals surface area contributed by atoms with Gasteiger partial charge in [-0.05, 0) is 17.7 Å². The largest absolute Gasteiger partial charge is 0.497 e. The molecule has 172 valence electrons. The molecule has 2 unspecified atom stereocenters. The number of hydrogen-bond donors (Lipinski definition) is 1. The molecule has 2 aromatic heterocycles. The summed E-state index contributed by atoms with van der Waals surface area (Å²) in [7, 11) is 1.59. The number of ether oxygens (including phenoxy) is 1. The first-order valence-corrected chi connectivity index (χ1v) is 13.0. The summed E-state index contributed by atoms with van der Waals surface area (Å²) in [5.74, 6) is -0.545. The van der Waals surface area contributed by atoms with Crippen LogP contribution in [0.25, 0.3) is 22.0 Å². The van der Waals surface area contributed by atoms with Crippen LogP contribution in [0.3, 0.4) is 0 Å². The lowest BCUT2D eigenvalue weighted by Gasteiger charge is -2.21. The molecule has 0 aliphatic carbocycles. The van der Waals surface area contributed by atoms with Gasteiger partial charge in [0.15, 0.2) is 5.13 Å². The van der Waals surface area contributed by atoms with Crippen molar-refractivity contribution in [3.8, 4) is 27.7 Å². The number of aliphatic carboxylic acids is 1. The lowest BCUT2D eigenvalue weighted by atomic mass is 10.2. The Balaban J connectivity index is 1.46. The fraction of sp³-hybridized carbons (Fsp3) is 0.167. The lowest BCUT2D eigenvalue weighted by Crippen LogP contribution is -2.31.